The number of nitrogens with zero attached hydrogens (tertiary/aromatic N) is 2. The first-order valence-corrected chi connectivity index (χ1v) is 5.36. The van der Waals surface area contributed by atoms with Crippen LogP contribution in [0.4, 0.5) is 4.39 Å². The lowest BCUT2D eigenvalue weighted by Gasteiger charge is -2.05. The highest BCUT2D eigenvalue weighted by molar-refractivity contribution is 7.71. The van der Waals surface area contributed by atoms with Crippen molar-refractivity contribution in [3.8, 4) is 17.4 Å². The molecule has 1 aromatic heterocycles. The van der Waals surface area contributed by atoms with Crippen molar-refractivity contribution < 1.29 is 9.13 Å². The van der Waals surface area contributed by atoms with Crippen LogP contribution in [0.15, 0.2) is 18.2 Å². The Kier molecular flexibility index (Phi) is 3.35. The second kappa shape index (κ2) is 4.77. The van der Waals surface area contributed by atoms with Crippen molar-refractivity contribution in [3.05, 3.63) is 33.8 Å². The summed E-state index contributed by atoms with van der Waals surface area (Å²) in [5, 5.41) is 0.311. The number of benzene rings is 1. The Morgan fingerprint density at radius 3 is 2.82 bits per heavy atom. The van der Waals surface area contributed by atoms with Gasteiger partial charge in [0.25, 0.3) is 6.01 Å². The second-order valence-electron chi connectivity index (χ2n) is 3.11. The van der Waals surface area contributed by atoms with Gasteiger partial charge in [-0.05, 0) is 30.4 Å². The van der Waals surface area contributed by atoms with Crippen molar-refractivity contribution >= 4 is 23.8 Å². The molecular weight excluding hydrogens is 265 g/mol. The molecule has 0 unspecified atom stereocenters. The molecule has 2 aromatic rings. The average molecular weight is 272 g/mol. The number of aromatic nitrogens is 3. The van der Waals surface area contributed by atoms with E-state index in [-0.39, 0.29) is 22.2 Å². The molecule has 7 heteroatoms. The fourth-order valence-electron chi connectivity index (χ4n) is 1.27. The summed E-state index contributed by atoms with van der Waals surface area (Å²) in [6.45, 7) is 0. The van der Waals surface area contributed by atoms with Crippen molar-refractivity contribution in [2.45, 2.75) is 0 Å². The van der Waals surface area contributed by atoms with Gasteiger partial charge in [0.05, 0.1) is 12.7 Å². The van der Waals surface area contributed by atoms with E-state index in [0.29, 0.717) is 5.02 Å². The van der Waals surface area contributed by atoms with Crippen molar-refractivity contribution in [3.63, 3.8) is 0 Å². The van der Waals surface area contributed by atoms with Crippen LogP contribution in [-0.4, -0.2) is 22.1 Å². The van der Waals surface area contributed by atoms with Gasteiger partial charge in [-0.3, -0.25) is 4.98 Å². The number of rotatable bonds is 2. The summed E-state index contributed by atoms with van der Waals surface area (Å²) in [6.07, 6.45) is 0. The summed E-state index contributed by atoms with van der Waals surface area (Å²) in [4.78, 5) is 10.4. The number of halogens is 2. The topological polar surface area (TPSA) is 50.8 Å². The van der Waals surface area contributed by atoms with Gasteiger partial charge in [-0.25, -0.2) is 9.37 Å². The molecule has 1 heterocycles. The molecule has 17 heavy (non-hydrogen) atoms. The SMILES string of the molecule is COc1nc(=S)nc(-c2ccc(Cl)cc2F)[nH]1. The van der Waals surface area contributed by atoms with Gasteiger partial charge in [0.1, 0.15) is 11.6 Å². The molecule has 0 aliphatic heterocycles. The molecule has 0 saturated carbocycles. The molecule has 88 valence electrons. The maximum absolute atomic E-state index is 13.7. The molecule has 0 atom stereocenters. The summed E-state index contributed by atoms with van der Waals surface area (Å²) in [5.41, 5.74) is 0.251. The van der Waals surface area contributed by atoms with Gasteiger partial charge in [0.2, 0.25) is 4.77 Å². The normalized spacial score (nSPS) is 10.3. The third kappa shape index (κ3) is 2.59. The lowest BCUT2D eigenvalue weighted by molar-refractivity contribution is 0.378. The van der Waals surface area contributed by atoms with Crippen molar-refractivity contribution in [1.29, 1.82) is 0 Å². The van der Waals surface area contributed by atoms with E-state index in [1.807, 2.05) is 0 Å². The van der Waals surface area contributed by atoms with Crippen LogP contribution < -0.4 is 4.74 Å². The predicted molar refractivity (Wildman–Crippen MR) is 64.2 cm³/mol. The molecule has 1 aromatic carbocycles. The van der Waals surface area contributed by atoms with E-state index in [0.717, 1.165) is 0 Å². The van der Waals surface area contributed by atoms with Crippen molar-refractivity contribution in [2.75, 3.05) is 7.11 Å². The lowest BCUT2D eigenvalue weighted by atomic mass is 10.2. The average Bonchev–Trinajstić information content (AvgIpc) is 2.28. The Morgan fingerprint density at radius 1 is 1.41 bits per heavy atom. The number of methoxy groups -OCH3 is 1. The zero-order chi connectivity index (χ0) is 12.4. The monoisotopic (exact) mass is 271 g/mol. The van der Waals surface area contributed by atoms with Crippen LogP contribution in [-0.2, 0) is 0 Å². The Labute approximate surface area is 106 Å². The minimum absolute atomic E-state index is 0.0740. The largest absolute Gasteiger partial charge is 0.468 e. The van der Waals surface area contributed by atoms with Gasteiger partial charge in [-0.1, -0.05) is 11.6 Å². The van der Waals surface area contributed by atoms with Crippen LogP contribution in [0.1, 0.15) is 0 Å². The Morgan fingerprint density at radius 2 is 2.18 bits per heavy atom. The summed E-state index contributed by atoms with van der Waals surface area (Å²) in [5.74, 6) is -0.250. The summed E-state index contributed by atoms with van der Waals surface area (Å²) >= 11 is 10.5. The molecule has 0 amide bonds. The maximum atomic E-state index is 13.7. The molecule has 0 aliphatic rings. The van der Waals surface area contributed by atoms with Crippen molar-refractivity contribution in [1.82, 2.24) is 15.0 Å². The van der Waals surface area contributed by atoms with Gasteiger partial charge in [-0.15, -0.1) is 0 Å². The lowest BCUT2D eigenvalue weighted by Crippen LogP contribution is -1.99. The number of H-pyrrole nitrogens is 1. The van der Waals surface area contributed by atoms with E-state index >= 15 is 0 Å². The molecule has 0 saturated heterocycles. The smallest absolute Gasteiger partial charge is 0.297 e. The van der Waals surface area contributed by atoms with Crippen molar-refractivity contribution in [2.24, 2.45) is 0 Å². The summed E-state index contributed by atoms with van der Waals surface area (Å²) in [7, 11) is 1.43. The van der Waals surface area contributed by atoms with Crippen LogP contribution in [0.3, 0.4) is 0 Å². The quantitative estimate of drug-likeness (QED) is 0.853. The van der Waals surface area contributed by atoms with Gasteiger partial charge >= 0.3 is 0 Å². The van der Waals surface area contributed by atoms with Gasteiger partial charge in [0, 0.05) is 5.02 Å². The minimum atomic E-state index is -0.496. The van der Waals surface area contributed by atoms with E-state index in [1.165, 1.54) is 19.2 Å². The molecule has 0 bridgehead atoms. The molecule has 1 N–H and O–H groups in total. The van der Waals surface area contributed by atoms with Crippen LogP contribution in [0, 0.1) is 10.6 Å². The highest BCUT2D eigenvalue weighted by Gasteiger charge is 2.09. The van der Waals surface area contributed by atoms with E-state index in [1.54, 1.807) is 6.07 Å². The first-order valence-electron chi connectivity index (χ1n) is 4.58. The van der Waals surface area contributed by atoms with Crippen LogP contribution in [0.2, 0.25) is 5.02 Å². The molecule has 0 fully saturated rings. The van der Waals surface area contributed by atoms with E-state index in [2.05, 4.69) is 15.0 Å². The van der Waals surface area contributed by atoms with E-state index in [4.69, 9.17) is 28.6 Å². The highest BCUT2D eigenvalue weighted by Crippen LogP contribution is 2.23. The Bertz CT molecular complexity index is 617. The molecule has 0 spiro atoms. The van der Waals surface area contributed by atoms with Crippen LogP contribution >= 0.6 is 23.8 Å². The fourth-order valence-corrected chi connectivity index (χ4v) is 1.60. The molecule has 0 aliphatic carbocycles. The van der Waals surface area contributed by atoms with E-state index < -0.39 is 5.82 Å². The molecule has 2 rings (SSSR count). The third-order valence-corrected chi connectivity index (χ3v) is 2.43. The third-order valence-electron chi connectivity index (χ3n) is 2.01. The number of hydrogen-bond donors (Lipinski definition) is 1. The van der Waals surface area contributed by atoms with Gasteiger partial charge in [-0.2, -0.15) is 4.98 Å². The Hall–Kier alpha value is -1.53. The first-order chi connectivity index (χ1) is 8.10. The fraction of sp³-hybridized carbons (Fsp3) is 0.100. The maximum Gasteiger partial charge on any atom is 0.297 e. The zero-order valence-electron chi connectivity index (χ0n) is 8.70. The summed E-state index contributed by atoms with van der Waals surface area (Å²) in [6, 6.07) is 4.44. The number of hydrogen-bond acceptors (Lipinski definition) is 4. The second-order valence-corrected chi connectivity index (χ2v) is 3.91. The number of nitrogens with one attached hydrogen (secondary N) is 1. The van der Waals surface area contributed by atoms with Crippen LogP contribution in [0.25, 0.3) is 11.4 Å². The van der Waals surface area contributed by atoms with Crippen LogP contribution in [0.5, 0.6) is 6.01 Å². The molecule has 0 radical (unpaired) electrons. The number of ether oxygens (including phenoxy) is 1. The summed E-state index contributed by atoms with van der Waals surface area (Å²) < 4.78 is 18.6. The zero-order valence-corrected chi connectivity index (χ0v) is 10.3. The number of aromatic amines is 1. The minimum Gasteiger partial charge on any atom is -0.468 e. The Balaban J connectivity index is 2.60. The first kappa shape index (κ1) is 11.9. The van der Waals surface area contributed by atoms with Gasteiger partial charge < -0.3 is 4.74 Å². The molecule has 4 nitrogen and oxygen atoms in total. The molecular formula is C10H7ClFN3OS. The van der Waals surface area contributed by atoms with E-state index in [9.17, 15) is 4.39 Å². The standard InChI is InChI=1S/C10H7ClFN3OS/c1-16-9-13-8(14-10(17)15-9)6-3-2-5(11)4-7(6)12/h2-4H,1H3,(H,13,14,15,17). The van der Waals surface area contributed by atoms with Gasteiger partial charge in [0.15, 0.2) is 0 Å². The predicted octanol–water partition coefficient (Wildman–Crippen LogP) is 3.00. The highest BCUT2D eigenvalue weighted by atomic mass is 35.5.